The van der Waals surface area contributed by atoms with E-state index in [1.165, 1.54) is 10.9 Å². The number of hydrogen-bond acceptors (Lipinski definition) is 5. The number of sulfonamides is 1. The lowest BCUT2D eigenvalue weighted by Crippen LogP contribution is -2.39. The first kappa shape index (κ1) is 15.0. The van der Waals surface area contributed by atoms with Gasteiger partial charge in [-0.15, -0.1) is 0 Å². The molecule has 2 aliphatic heterocycles. The molecule has 7 nitrogen and oxygen atoms in total. The molecule has 0 N–H and O–H groups in total. The fraction of sp³-hybridized carbons (Fsp3) is 0.769. The zero-order valence-electron chi connectivity index (χ0n) is 12.3. The Bertz CT molecular complexity index is 580. The highest BCUT2D eigenvalue weighted by molar-refractivity contribution is 7.89. The molecule has 1 atom stereocenters. The molecule has 2 saturated heterocycles. The first-order valence-electron chi connectivity index (χ1n) is 7.38. The number of aromatic nitrogens is 2. The second-order valence-corrected chi connectivity index (χ2v) is 7.60. The maximum Gasteiger partial charge on any atom is 0.246 e. The van der Waals surface area contributed by atoms with Crippen molar-refractivity contribution in [3.8, 4) is 0 Å². The molecule has 2 fully saturated rings. The van der Waals surface area contributed by atoms with Crippen LogP contribution >= 0.6 is 0 Å². The third-order valence-electron chi connectivity index (χ3n) is 4.23. The highest BCUT2D eigenvalue weighted by Gasteiger charge is 2.30. The van der Waals surface area contributed by atoms with Crippen molar-refractivity contribution in [1.82, 2.24) is 19.0 Å². The standard InChI is InChI=1S/C13H22N4O3S/c1-15-10-13(9-14-15)21(18,19)17-5-2-4-16(6-7-17)12-3-8-20-11-12/h9-10,12H,2-8,11H2,1H3. The fourth-order valence-electron chi connectivity index (χ4n) is 3.01. The van der Waals surface area contributed by atoms with Crippen molar-refractivity contribution < 1.29 is 13.2 Å². The van der Waals surface area contributed by atoms with Crippen LogP contribution in [0.4, 0.5) is 0 Å². The Labute approximate surface area is 125 Å². The summed E-state index contributed by atoms with van der Waals surface area (Å²) in [6.07, 6.45) is 4.89. The van der Waals surface area contributed by atoms with Gasteiger partial charge in [0.25, 0.3) is 0 Å². The highest BCUT2D eigenvalue weighted by atomic mass is 32.2. The molecule has 0 amide bonds. The smallest absolute Gasteiger partial charge is 0.246 e. The summed E-state index contributed by atoms with van der Waals surface area (Å²) < 4.78 is 33.8. The van der Waals surface area contributed by atoms with Crippen molar-refractivity contribution >= 4 is 10.0 Å². The van der Waals surface area contributed by atoms with Gasteiger partial charge in [-0.3, -0.25) is 9.58 Å². The lowest BCUT2D eigenvalue weighted by atomic mass is 10.2. The molecule has 1 unspecified atom stereocenters. The summed E-state index contributed by atoms with van der Waals surface area (Å²) in [6.45, 7) is 4.41. The molecule has 3 heterocycles. The van der Waals surface area contributed by atoms with Crippen molar-refractivity contribution in [2.45, 2.75) is 23.8 Å². The third-order valence-corrected chi connectivity index (χ3v) is 6.08. The minimum atomic E-state index is -3.42. The van der Waals surface area contributed by atoms with E-state index in [2.05, 4.69) is 10.00 Å². The predicted octanol–water partition coefficient (Wildman–Crippen LogP) is -0.0946. The van der Waals surface area contributed by atoms with Crippen LogP contribution in [0.3, 0.4) is 0 Å². The first-order valence-corrected chi connectivity index (χ1v) is 8.82. The van der Waals surface area contributed by atoms with Crippen molar-refractivity contribution in [2.24, 2.45) is 7.05 Å². The summed E-state index contributed by atoms with van der Waals surface area (Å²) in [5.74, 6) is 0. The van der Waals surface area contributed by atoms with E-state index >= 15 is 0 Å². The summed E-state index contributed by atoms with van der Waals surface area (Å²) in [6, 6.07) is 0.450. The first-order chi connectivity index (χ1) is 10.1. The van der Waals surface area contributed by atoms with E-state index in [1.54, 1.807) is 17.5 Å². The molecule has 1 aromatic rings. The van der Waals surface area contributed by atoms with Gasteiger partial charge in [-0.05, 0) is 19.4 Å². The Morgan fingerprint density at radius 3 is 2.81 bits per heavy atom. The van der Waals surface area contributed by atoms with Crippen LogP contribution in [0.25, 0.3) is 0 Å². The number of rotatable bonds is 3. The van der Waals surface area contributed by atoms with Gasteiger partial charge in [-0.2, -0.15) is 9.40 Å². The van der Waals surface area contributed by atoms with Gasteiger partial charge in [0.2, 0.25) is 10.0 Å². The zero-order chi connectivity index (χ0) is 14.9. The zero-order valence-corrected chi connectivity index (χ0v) is 13.1. The van der Waals surface area contributed by atoms with Crippen molar-refractivity contribution in [2.75, 3.05) is 39.4 Å². The van der Waals surface area contributed by atoms with Crippen molar-refractivity contribution in [1.29, 1.82) is 0 Å². The van der Waals surface area contributed by atoms with Crippen LogP contribution in [0.5, 0.6) is 0 Å². The molecular formula is C13H22N4O3S. The van der Waals surface area contributed by atoms with Gasteiger partial charge < -0.3 is 4.74 Å². The number of hydrogen-bond donors (Lipinski definition) is 0. The molecule has 0 spiro atoms. The van der Waals surface area contributed by atoms with Crippen LogP contribution in [0.1, 0.15) is 12.8 Å². The maximum absolute atomic E-state index is 12.6. The Kier molecular flexibility index (Phi) is 4.30. The van der Waals surface area contributed by atoms with Gasteiger partial charge >= 0.3 is 0 Å². The van der Waals surface area contributed by atoms with Crippen LogP contribution in [0.2, 0.25) is 0 Å². The van der Waals surface area contributed by atoms with E-state index in [9.17, 15) is 8.42 Å². The Morgan fingerprint density at radius 1 is 1.29 bits per heavy atom. The fourth-order valence-corrected chi connectivity index (χ4v) is 4.47. The van der Waals surface area contributed by atoms with Crippen molar-refractivity contribution in [3.63, 3.8) is 0 Å². The molecule has 3 rings (SSSR count). The summed E-state index contributed by atoms with van der Waals surface area (Å²) in [4.78, 5) is 2.65. The molecule has 21 heavy (non-hydrogen) atoms. The molecule has 0 saturated carbocycles. The quantitative estimate of drug-likeness (QED) is 0.780. The maximum atomic E-state index is 12.6. The highest BCUT2D eigenvalue weighted by Crippen LogP contribution is 2.19. The van der Waals surface area contributed by atoms with Gasteiger partial charge in [0, 0.05) is 45.5 Å². The van der Waals surface area contributed by atoms with Crippen LogP contribution < -0.4 is 0 Å². The van der Waals surface area contributed by atoms with Crippen LogP contribution in [0, 0.1) is 0 Å². The normalized spacial score (nSPS) is 26.0. The van der Waals surface area contributed by atoms with Gasteiger partial charge in [-0.1, -0.05) is 0 Å². The van der Waals surface area contributed by atoms with E-state index in [1.807, 2.05) is 0 Å². The number of ether oxygens (including phenoxy) is 1. The van der Waals surface area contributed by atoms with Crippen LogP contribution in [-0.4, -0.2) is 72.8 Å². The topological polar surface area (TPSA) is 67.7 Å². The molecule has 2 aliphatic rings. The Balaban J connectivity index is 1.69. The van der Waals surface area contributed by atoms with E-state index < -0.39 is 10.0 Å². The van der Waals surface area contributed by atoms with Gasteiger partial charge in [0.1, 0.15) is 4.90 Å². The van der Waals surface area contributed by atoms with Gasteiger partial charge in [-0.25, -0.2) is 8.42 Å². The second-order valence-electron chi connectivity index (χ2n) is 5.66. The molecule has 0 bridgehead atoms. The average Bonchev–Trinajstić information content (AvgIpc) is 3.06. The largest absolute Gasteiger partial charge is 0.380 e. The minimum Gasteiger partial charge on any atom is -0.380 e. The van der Waals surface area contributed by atoms with Crippen LogP contribution in [-0.2, 0) is 21.8 Å². The van der Waals surface area contributed by atoms with E-state index in [0.29, 0.717) is 19.1 Å². The van der Waals surface area contributed by atoms with Crippen molar-refractivity contribution in [3.05, 3.63) is 12.4 Å². The molecule has 0 radical (unpaired) electrons. The molecule has 0 aromatic carbocycles. The summed E-state index contributed by atoms with van der Waals surface area (Å²) in [7, 11) is -1.69. The molecule has 0 aliphatic carbocycles. The summed E-state index contributed by atoms with van der Waals surface area (Å²) in [5, 5.41) is 3.96. The predicted molar refractivity (Wildman–Crippen MR) is 77.4 cm³/mol. The lowest BCUT2D eigenvalue weighted by Gasteiger charge is -2.26. The van der Waals surface area contributed by atoms with Crippen LogP contribution in [0.15, 0.2) is 17.3 Å². The van der Waals surface area contributed by atoms with E-state index in [4.69, 9.17) is 4.74 Å². The number of aryl methyl sites for hydroxylation is 1. The monoisotopic (exact) mass is 314 g/mol. The van der Waals surface area contributed by atoms with E-state index in [0.717, 1.165) is 39.1 Å². The Morgan fingerprint density at radius 2 is 2.14 bits per heavy atom. The summed E-state index contributed by atoms with van der Waals surface area (Å²) >= 11 is 0. The molecular weight excluding hydrogens is 292 g/mol. The second kappa shape index (κ2) is 6.04. The summed E-state index contributed by atoms with van der Waals surface area (Å²) in [5.41, 5.74) is 0. The van der Waals surface area contributed by atoms with Gasteiger partial charge in [0.05, 0.1) is 12.8 Å². The number of nitrogens with zero attached hydrogens (tertiary/aromatic N) is 4. The molecule has 118 valence electrons. The molecule has 8 heteroatoms. The van der Waals surface area contributed by atoms with E-state index in [-0.39, 0.29) is 4.90 Å². The third kappa shape index (κ3) is 3.13. The lowest BCUT2D eigenvalue weighted by molar-refractivity contribution is 0.147. The SMILES string of the molecule is Cn1cc(S(=O)(=O)N2CCCN(C3CCOC3)CC2)cn1. The minimum absolute atomic E-state index is 0.280. The Hall–Kier alpha value is -0.960. The van der Waals surface area contributed by atoms with Gasteiger partial charge in [0.15, 0.2) is 0 Å². The molecule has 1 aromatic heterocycles. The average molecular weight is 314 g/mol.